The minimum atomic E-state index is -0.817. The van der Waals surface area contributed by atoms with E-state index in [0.717, 1.165) is 5.56 Å². The van der Waals surface area contributed by atoms with Crippen LogP contribution in [-0.2, 0) is 4.79 Å². The van der Waals surface area contributed by atoms with Gasteiger partial charge in [0.05, 0.1) is 5.92 Å². The van der Waals surface area contributed by atoms with Gasteiger partial charge in [0, 0.05) is 5.92 Å². The number of benzene rings is 1. The number of phenols is 2. The second-order valence-corrected chi connectivity index (χ2v) is 4.86. The highest BCUT2D eigenvalue weighted by atomic mass is 16.4. The largest absolute Gasteiger partial charge is 0.504 e. The number of aliphatic carboxylic acids is 1. The fourth-order valence-electron chi connectivity index (χ4n) is 2.45. The predicted octanol–water partition coefficient (Wildman–Crippen LogP) is 1.92. The Kier molecular flexibility index (Phi) is 2.12. The maximum atomic E-state index is 11.0. The van der Waals surface area contributed by atoms with Crippen LogP contribution in [0, 0.1) is 11.3 Å². The van der Waals surface area contributed by atoms with Crippen molar-refractivity contribution in [3.05, 3.63) is 23.8 Å². The lowest BCUT2D eigenvalue weighted by Gasteiger charge is -2.04. The molecule has 0 bridgehead atoms. The van der Waals surface area contributed by atoms with Crippen LogP contribution in [-0.4, -0.2) is 21.3 Å². The van der Waals surface area contributed by atoms with E-state index < -0.39 is 11.9 Å². The van der Waals surface area contributed by atoms with Crippen LogP contribution >= 0.6 is 0 Å². The van der Waals surface area contributed by atoms with E-state index in [1.54, 1.807) is 6.07 Å². The summed E-state index contributed by atoms with van der Waals surface area (Å²) < 4.78 is 0. The molecule has 0 radical (unpaired) electrons. The zero-order chi connectivity index (χ0) is 12.1. The molecule has 0 heterocycles. The molecule has 4 heteroatoms. The third kappa shape index (κ3) is 1.41. The first-order chi connectivity index (χ1) is 7.35. The first-order valence-corrected chi connectivity index (χ1v) is 5.10. The number of carbonyl (C=O) groups is 1. The molecule has 2 unspecified atom stereocenters. The zero-order valence-electron chi connectivity index (χ0n) is 9.14. The molecule has 1 aliphatic rings. The van der Waals surface area contributed by atoms with E-state index in [4.69, 9.17) is 5.11 Å². The summed E-state index contributed by atoms with van der Waals surface area (Å²) in [5.74, 6) is -1.73. The SMILES string of the molecule is CC1(C)C(C(=O)O)C1c1ccc(O)c(O)c1. The number of carboxylic acids is 1. The summed E-state index contributed by atoms with van der Waals surface area (Å²) in [4.78, 5) is 11.0. The molecule has 2 rings (SSSR count). The molecule has 16 heavy (non-hydrogen) atoms. The minimum Gasteiger partial charge on any atom is -0.504 e. The van der Waals surface area contributed by atoms with Crippen molar-refractivity contribution < 1.29 is 20.1 Å². The van der Waals surface area contributed by atoms with Gasteiger partial charge in [0.2, 0.25) is 0 Å². The maximum Gasteiger partial charge on any atom is 0.307 e. The van der Waals surface area contributed by atoms with Gasteiger partial charge >= 0.3 is 5.97 Å². The summed E-state index contributed by atoms with van der Waals surface area (Å²) in [7, 11) is 0. The Balaban J connectivity index is 2.33. The van der Waals surface area contributed by atoms with E-state index in [1.165, 1.54) is 12.1 Å². The van der Waals surface area contributed by atoms with Gasteiger partial charge in [-0.25, -0.2) is 0 Å². The standard InChI is InChI=1S/C12H14O4/c1-12(2)9(10(12)11(15)16)6-3-4-7(13)8(14)5-6/h3-5,9-10,13-14H,1-2H3,(H,15,16). The number of carboxylic acid groups (broad SMARTS) is 1. The molecular weight excluding hydrogens is 208 g/mol. The van der Waals surface area contributed by atoms with Gasteiger partial charge in [0.25, 0.3) is 0 Å². The van der Waals surface area contributed by atoms with Gasteiger partial charge in [0.1, 0.15) is 0 Å². The number of phenolic OH excluding ortho intramolecular Hbond substituents is 2. The fraction of sp³-hybridized carbons (Fsp3) is 0.417. The maximum absolute atomic E-state index is 11.0. The molecular formula is C12H14O4. The monoisotopic (exact) mass is 222 g/mol. The van der Waals surface area contributed by atoms with E-state index >= 15 is 0 Å². The molecule has 2 atom stereocenters. The van der Waals surface area contributed by atoms with Crippen LogP contribution in [0.4, 0.5) is 0 Å². The van der Waals surface area contributed by atoms with E-state index in [1.807, 2.05) is 13.8 Å². The van der Waals surface area contributed by atoms with Crippen LogP contribution < -0.4 is 0 Å². The molecule has 1 aromatic carbocycles. The van der Waals surface area contributed by atoms with Gasteiger partial charge < -0.3 is 15.3 Å². The Labute approximate surface area is 93.2 Å². The predicted molar refractivity (Wildman–Crippen MR) is 57.4 cm³/mol. The van der Waals surface area contributed by atoms with Gasteiger partial charge in [-0.15, -0.1) is 0 Å². The summed E-state index contributed by atoms with van der Waals surface area (Å²) in [6, 6.07) is 4.48. The van der Waals surface area contributed by atoms with Crippen molar-refractivity contribution >= 4 is 5.97 Å². The van der Waals surface area contributed by atoms with Crippen LogP contribution in [0.2, 0.25) is 0 Å². The quantitative estimate of drug-likeness (QED) is 0.668. The van der Waals surface area contributed by atoms with Gasteiger partial charge in [0.15, 0.2) is 11.5 Å². The van der Waals surface area contributed by atoms with Crippen molar-refractivity contribution in [2.75, 3.05) is 0 Å². The molecule has 1 fully saturated rings. The highest BCUT2D eigenvalue weighted by Gasteiger charge is 2.62. The molecule has 86 valence electrons. The van der Waals surface area contributed by atoms with Crippen LogP contribution in [0.3, 0.4) is 0 Å². The van der Waals surface area contributed by atoms with E-state index in [-0.39, 0.29) is 22.8 Å². The fourth-order valence-corrected chi connectivity index (χ4v) is 2.45. The van der Waals surface area contributed by atoms with Crippen molar-refractivity contribution in [3.8, 4) is 11.5 Å². The summed E-state index contributed by atoms with van der Waals surface area (Å²) in [6.07, 6.45) is 0. The molecule has 1 saturated carbocycles. The molecule has 0 aromatic heterocycles. The van der Waals surface area contributed by atoms with Crippen molar-refractivity contribution in [2.24, 2.45) is 11.3 Å². The van der Waals surface area contributed by atoms with Gasteiger partial charge in [-0.3, -0.25) is 4.79 Å². The molecule has 0 spiro atoms. The van der Waals surface area contributed by atoms with Crippen LogP contribution in [0.25, 0.3) is 0 Å². The molecule has 3 N–H and O–H groups in total. The number of hydrogen-bond acceptors (Lipinski definition) is 3. The highest BCUT2D eigenvalue weighted by Crippen LogP contribution is 2.64. The molecule has 0 saturated heterocycles. The molecule has 0 amide bonds. The van der Waals surface area contributed by atoms with Crippen LogP contribution in [0.15, 0.2) is 18.2 Å². The van der Waals surface area contributed by atoms with Crippen LogP contribution in [0.5, 0.6) is 11.5 Å². The highest BCUT2D eigenvalue weighted by molar-refractivity contribution is 5.77. The average Bonchev–Trinajstić information content (AvgIpc) is 2.74. The van der Waals surface area contributed by atoms with E-state index in [2.05, 4.69) is 0 Å². The summed E-state index contributed by atoms with van der Waals surface area (Å²) in [5, 5.41) is 27.6. The van der Waals surface area contributed by atoms with Gasteiger partial charge in [-0.2, -0.15) is 0 Å². The number of rotatable bonds is 2. The zero-order valence-corrected chi connectivity index (χ0v) is 9.14. The number of aromatic hydroxyl groups is 2. The number of hydrogen-bond donors (Lipinski definition) is 3. The second-order valence-electron chi connectivity index (χ2n) is 4.86. The van der Waals surface area contributed by atoms with Crippen molar-refractivity contribution in [3.63, 3.8) is 0 Å². The van der Waals surface area contributed by atoms with Gasteiger partial charge in [-0.1, -0.05) is 19.9 Å². The first-order valence-electron chi connectivity index (χ1n) is 5.10. The Hall–Kier alpha value is -1.71. The summed E-state index contributed by atoms with van der Waals surface area (Å²) in [5.41, 5.74) is 0.461. The summed E-state index contributed by atoms with van der Waals surface area (Å²) >= 11 is 0. The lowest BCUT2D eigenvalue weighted by Crippen LogP contribution is -2.03. The normalized spacial score (nSPS) is 26.4. The molecule has 0 aliphatic heterocycles. The smallest absolute Gasteiger partial charge is 0.307 e. The first kappa shape index (κ1) is 10.8. The Morgan fingerprint density at radius 3 is 2.31 bits per heavy atom. The van der Waals surface area contributed by atoms with Crippen molar-refractivity contribution in [1.29, 1.82) is 0 Å². The molecule has 1 aliphatic carbocycles. The van der Waals surface area contributed by atoms with Crippen LogP contribution in [0.1, 0.15) is 25.3 Å². The van der Waals surface area contributed by atoms with Crippen molar-refractivity contribution in [2.45, 2.75) is 19.8 Å². The topological polar surface area (TPSA) is 77.8 Å². The third-order valence-corrected chi connectivity index (χ3v) is 3.45. The Bertz CT molecular complexity index is 450. The molecule has 1 aromatic rings. The lowest BCUT2D eigenvalue weighted by atomic mass is 10.0. The van der Waals surface area contributed by atoms with E-state index in [9.17, 15) is 15.0 Å². The molecule has 4 nitrogen and oxygen atoms in total. The van der Waals surface area contributed by atoms with Gasteiger partial charge in [-0.05, 0) is 23.1 Å². The average molecular weight is 222 g/mol. The summed E-state index contributed by atoms with van der Waals surface area (Å²) in [6.45, 7) is 3.78. The van der Waals surface area contributed by atoms with E-state index in [0.29, 0.717) is 0 Å². The second kappa shape index (κ2) is 3.14. The van der Waals surface area contributed by atoms with Crippen molar-refractivity contribution in [1.82, 2.24) is 0 Å². The minimum absolute atomic E-state index is 0.100. The Morgan fingerprint density at radius 1 is 1.25 bits per heavy atom. The lowest BCUT2D eigenvalue weighted by molar-refractivity contribution is -0.139. The Morgan fingerprint density at radius 2 is 1.88 bits per heavy atom. The third-order valence-electron chi connectivity index (χ3n) is 3.45.